The maximum atomic E-state index is 4.36. The van der Waals surface area contributed by atoms with Gasteiger partial charge in [-0.3, -0.25) is 0 Å². The normalized spacial score (nSPS) is 21.9. The second-order valence-electron chi connectivity index (χ2n) is 3.70. The Morgan fingerprint density at radius 3 is 3.29 bits per heavy atom. The second-order valence-corrected chi connectivity index (χ2v) is 4.76. The third kappa shape index (κ3) is 1.33. The van der Waals surface area contributed by atoms with Gasteiger partial charge in [-0.15, -0.1) is 11.3 Å². The van der Waals surface area contributed by atoms with E-state index in [2.05, 4.69) is 22.4 Å². The van der Waals surface area contributed by atoms with Crippen molar-refractivity contribution >= 4 is 21.6 Å². The number of hydrogen-bond acceptors (Lipinski definition) is 3. The Kier molecular flexibility index (Phi) is 2.00. The molecule has 1 aliphatic rings. The Labute approximate surface area is 87.0 Å². The lowest BCUT2D eigenvalue weighted by atomic mass is 10.2. The summed E-state index contributed by atoms with van der Waals surface area (Å²) in [6.45, 7) is 1.16. The molecule has 2 nitrogen and oxygen atoms in total. The standard InChI is InChI=1S/C11H12N2S/c1-3-8-7-10(9-4-2-5-12-9)14-11(8)13-6-1/h1,3,6-7,9,12H,2,4-5H2/t9-/m0/s1. The molecule has 0 radical (unpaired) electrons. The van der Waals surface area contributed by atoms with Gasteiger partial charge in [-0.1, -0.05) is 6.07 Å². The highest BCUT2D eigenvalue weighted by molar-refractivity contribution is 7.18. The fourth-order valence-corrected chi connectivity index (χ4v) is 3.10. The number of thiophene rings is 1. The van der Waals surface area contributed by atoms with Gasteiger partial charge in [0.1, 0.15) is 4.83 Å². The quantitative estimate of drug-likeness (QED) is 0.772. The van der Waals surface area contributed by atoms with Crippen LogP contribution < -0.4 is 5.32 Å². The number of pyridine rings is 1. The van der Waals surface area contributed by atoms with Crippen molar-refractivity contribution in [3.63, 3.8) is 0 Å². The Morgan fingerprint density at radius 1 is 1.50 bits per heavy atom. The third-order valence-corrected chi connectivity index (χ3v) is 3.89. The highest BCUT2D eigenvalue weighted by Crippen LogP contribution is 2.32. The highest BCUT2D eigenvalue weighted by Gasteiger charge is 2.18. The van der Waals surface area contributed by atoms with E-state index in [9.17, 15) is 0 Å². The van der Waals surface area contributed by atoms with Crippen LogP contribution >= 0.6 is 11.3 Å². The molecule has 1 fully saturated rings. The highest BCUT2D eigenvalue weighted by atomic mass is 32.1. The van der Waals surface area contributed by atoms with Gasteiger partial charge in [-0.25, -0.2) is 4.98 Å². The Morgan fingerprint density at radius 2 is 2.50 bits per heavy atom. The van der Waals surface area contributed by atoms with Gasteiger partial charge in [0.05, 0.1) is 0 Å². The van der Waals surface area contributed by atoms with E-state index in [-0.39, 0.29) is 0 Å². The fourth-order valence-electron chi connectivity index (χ4n) is 1.99. The molecule has 0 amide bonds. The maximum Gasteiger partial charge on any atom is 0.123 e. The SMILES string of the molecule is c1cnc2sc([C@@H]3CCCN3)cc2c1. The van der Waals surface area contributed by atoms with Crippen LogP contribution in [0.3, 0.4) is 0 Å². The Hall–Kier alpha value is -0.930. The zero-order valence-corrected chi connectivity index (χ0v) is 8.68. The summed E-state index contributed by atoms with van der Waals surface area (Å²) in [6, 6.07) is 6.99. The molecule has 3 rings (SSSR count). The zero-order valence-electron chi connectivity index (χ0n) is 7.86. The summed E-state index contributed by atoms with van der Waals surface area (Å²) in [5, 5.41) is 4.80. The summed E-state index contributed by atoms with van der Waals surface area (Å²) in [7, 11) is 0. The van der Waals surface area contributed by atoms with Gasteiger partial charge >= 0.3 is 0 Å². The zero-order chi connectivity index (χ0) is 9.38. The van der Waals surface area contributed by atoms with Gasteiger partial charge in [0, 0.05) is 22.5 Å². The minimum absolute atomic E-state index is 0.578. The number of rotatable bonds is 1. The molecule has 3 heterocycles. The number of fused-ring (bicyclic) bond motifs is 1. The molecule has 0 aliphatic carbocycles. The molecular formula is C11H12N2S. The molecule has 72 valence electrons. The first kappa shape index (κ1) is 8.38. The molecule has 0 spiro atoms. The average molecular weight is 204 g/mol. The minimum Gasteiger partial charge on any atom is -0.309 e. The molecule has 2 aromatic heterocycles. The average Bonchev–Trinajstić information content (AvgIpc) is 2.86. The minimum atomic E-state index is 0.578. The summed E-state index contributed by atoms with van der Waals surface area (Å²) >= 11 is 1.82. The molecule has 3 heteroatoms. The molecule has 0 saturated carbocycles. The molecule has 14 heavy (non-hydrogen) atoms. The predicted molar refractivity (Wildman–Crippen MR) is 59.6 cm³/mol. The molecule has 1 saturated heterocycles. The van der Waals surface area contributed by atoms with Crippen LogP contribution in [0.4, 0.5) is 0 Å². The molecule has 1 atom stereocenters. The molecule has 0 aromatic carbocycles. The van der Waals surface area contributed by atoms with Gasteiger partial charge in [0.25, 0.3) is 0 Å². The smallest absolute Gasteiger partial charge is 0.123 e. The van der Waals surface area contributed by atoms with Crippen molar-refractivity contribution in [3.05, 3.63) is 29.3 Å². The van der Waals surface area contributed by atoms with Crippen LogP contribution in [0.2, 0.25) is 0 Å². The van der Waals surface area contributed by atoms with Crippen LogP contribution in [0, 0.1) is 0 Å². The Balaban J connectivity index is 2.05. The van der Waals surface area contributed by atoms with Crippen molar-refractivity contribution < 1.29 is 0 Å². The van der Waals surface area contributed by atoms with Crippen LogP contribution in [0.5, 0.6) is 0 Å². The largest absolute Gasteiger partial charge is 0.309 e. The van der Waals surface area contributed by atoms with Crippen molar-refractivity contribution in [2.45, 2.75) is 18.9 Å². The summed E-state index contributed by atoms with van der Waals surface area (Å²) in [5.41, 5.74) is 0. The van der Waals surface area contributed by atoms with Crippen LogP contribution in [0.25, 0.3) is 10.2 Å². The maximum absolute atomic E-state index is 4.36. The van der Waals surface area contributed by atoms with Crippen molar-refractivity contribution in [2.24, 2.45) is 0 Å². The number of hydrogen-bond donors (Lipinski definition) is 1. The van der Waals surface area contributed by atoms with Crippen LogP contribution in [-0.4, -0.2) is 11.5 Å². The van der Waals surface area contributed by atoms with E-state index < -0.39 is 0 Å². The lowest BCUT2D eigenvalue weighted by Gasteiger charge is -2.05. The number of nitrogens with zero attached hydrogens (tertiary/aromatic N) is 1. The first-order chi connectivity index (χ1) is 6.93. The van der Waals surface area contributed by atoms with Gasteiger partial charge in [0.15, 0.2) is 0 Å². The van der Waals surface area contributed by atoms with E-state index in [1.165, 1.54) is 23.1 Å². The van der Waals surface area contributed by atoms with Gasteiger partial charge in [0.2, 0.25) is 0 Å². The summed E-state index contributed by atoms with van der Waals surface area (Å²) < 4.78 is 0. The van der Waals surface area contributed by atoms with E-state index in [0.717, 1.165) is 11.4 Å². The van der Waals surface area contributed by atoms with Crippen molar-refractivity contribution in [1.82, 2.24) is 10.3 Å². The number of aromatic nitrogens is 1. The van der Waals surface area contributed by atoms with Gasteiger partial charge < -0.3 is 5.32 Å². The first-order valence-corrected chi connectivity index (χ1v) is 5.83. The van der Waals surface area contributed by atoms with E-state index in [0.29, 0.717) is 6.04 Å². The van der Waals surface area contributed by atoms with Crippen LogP contribution in [-0.2, 0) is 0 Å². The number of nitrogens with one attached hydrogen (secondary N) is 1. The molecule has 1 aliphatic heterocycles. The Bertz CT molecular complexity index is 410. The fraction of sp³-hybridized carbons (Fsp3) is 0.364. The van der Waals surface area contributed by atoms with Crippen LogP contribution in [0.1, 0.15) is 23.8 Å². The van der Waals surface area contributed by atoms with Crippen LogP contribution in [0.15, 0.2) is 24.4 Å². The van der Waals surface area contributed by atoms with E-state index in [4.69, 9.17) is 0 Å². The lowest BCUT2D eigenvalue weighted by molar-refractivity contribution is 0.660. The van der Waals surface area contributed by atoms with E-state index >= 15 is 0 Å². The molecule has 1 N–H and O–H groups in total. The summed E-state index contributed by atoms with van der Waals surface area (Å²) in [6.07, 6.45) is 4.43. The topological polar surface area (TPSA) is 24.9 Å². The lowest BCUT2D eigenvalue weighted by Crippen LogP contribution is -2.11. The molecule has 2 aromatic rings. The molecule has 0 bridgehead atoms. The van der Waals surface area contributed by atoms with Gasteiger partial charge in [-0.05, 0) is 31.5 Å². The molecular weight excluding hydrogens is 192 g/mol. The van der Waals surface area contributed by atoms with Gasteiger partial charge in [-0.2, -0.15) is 0 Å². The second kappa shape index (κ2) is 3.33. The van der Waals surface area contributed by atoms with Crippen molar-refractivity contribution in [1.29, 1.82) is 0 Å². The third-order valence-electron chi connectivity index (χ3n) is 2.72. The molecule has 0 unspecified atom stereocenters. The first-order valence-electron chi connectivity index (χ1n) is 5.01. The summed E-state index contributed by atoms with van der Waals surface area (Å²) in [4.78, 5) is 6.97. The van der Waals surface area contributed by atoms with E-state index in [1.807, 2.05) is 23.6 Å². The van der Waals surface area contributed by atoms with E-state index in [1.54, 1.807) is 0 Å². The monoisotopic (exact) mass is 204 g/mol. The summed E-state index contributed by atoms with van der Waals surface area (Å²) in [5.74, 6) is 0. The predicted octanol–water partition coefficient (Wildman–Crippen LogP) is 2.72. The van der Waals surface area contributed by atoms with Crippen molar-refractivity contribution in [2.75, 3.05) is 6.54 Å². The van der Waals surface area contributed by atoms with Crippen molar-refractivity contribution in [3.8, 4) is 0 Å².